The molecule has 1 N–H and O–H groups in total. The molecule has 1 rings (SSSR count). The summed E-state index contributed by atoms with van der Waals surface area (Å²) >= 11 is 0. The quantitative estimate of drug-likeness (QED) is 0.634. The molecule has 0 saturated carbocycles. The van der Waals surface area contributed by atoms with E-state index in [1.807, 2.05) is 0 Å². The van der Waals surface area contributed by atoms with E-state index in [4.69, 9.17) is 5.11 Å². The first-order valence-corrected chi connectivity index (χ1v) is 4.29. The van der Waals surface area contributed by atoms with Gasteiger partial charge in [-0.15, -0.1) is 0 Å². The smallest absolute Gasteiger partial charge is 0.306 e. The maximum atomic E-state index is 11.1. The van der Waals surface area contributed by atoms with E-state index in [-0.39, 0.29) is 11.8 Å². The lowest BCUT2D eigenvalue weighted by Gasteiger charge is -2.29. The molecule has 1 fully saturated rings. The van der Waals surface area contributed by atoms with Crippen molar-refractivity contribution in [3.63, 3.8) is 0 Å². The molecule has 0 bridgehead atoms. The molecule has 0 aromatic heterocycles. The Labute approximate surface area is 76.8 Å². The first kappa shape index (κ1) is 9.77. The Morgan fingerprint density at radius 2 is 1.92 bits per heavy atom. The highest BCUT2D eigenvalue weighted by Gasteiger charge is 2.25. The number of hydrogen-bond acceptors (Lipinski definition) is 2. The van der Waals surface area contributed by atoms with Gasteiger partial charge in [-0.1, -0.05) is 6.58 Å². The normalized spacial score (nSPS) is 18.3. The van der Waals surface area contributed by atoms with Crippen LogP contribution >= 0.6 is 0 Å². The van der Waals surface area contributed by atoms with Crippen LogP contribution < -0.4 is 0 Å². The third-order valence-electron chi connectivity index (χ3n) is 2.33. The van der Waals surface area contributed by atoms with Crippen LogP contribution in [0.5, 0.6) is 0 Å². The molecule has 0 unspecified atom stereocenters. The van der Waals surface area contributed by atoms with Gasteiger partial charge in [0, 0.05) is 13.1 Å². The lowest BCUT2D eigenvalue weighted by Crippen LogP contribution is -2.39. The maximum absolute atomic E-state index is 11.1. The molecule has 4 nitrogen and oxygen atoms in total. The summed E-state index contributed by atoms with van der Waals surface area (Å²) in [6, 6.07) is 0. The Morgan fingerprint density at radius 1 is 1.38 bits per heavy atom. The summed E-state index contributed by atoms with van der Waals surface area (Å²) in [4.78, 5) is 23.3. The molecule has 0 aromatic carbocycles. The predicted octanol–water partition coefficient (Wildman–Crippen LogP) is 0.496. The van der Waals surface area contributed by atoms with Gasteiger partial charge in [0.15, 0.2) is 0 Å². The van der Waals surface area contributed by atoms with E-state index in [1.165, 1.54) is 6.08 Å². The van der Waals surface area contributed by atoms with Crippen molar-refractivity contribution in [2.45, 2.75) is 12.8 Å². The summed E-state index contributed by atoms with van der Waals surface area (Å²) in [5.74, 6) is -1.15. The number of rotatable bonds is 2. The first-order valence-electron chi connectivity index (χ1n) is 4.29. The van der Waals surface area contributed by atoms with Gasteiger partial charge in [-0.25, -0.2) is 0 Å². The summed E-state index contributed by atoms with van der Waals surface area (Å²) in [5, 5.41) is 8.70. The molecule has 1 amide bonds. The minimum absolute atomic E-state index is 0.108. The van der Waals surface area contributed by atoms with E-state index in [0.717, 1.165) is 0 Å². The van der Waals surface area contributed by atoms with Crippen molar-refractivity contribution in [3.8, 4) is 0 Å². The van der Waals surface area contributed by atoms with Crippen molar-refractivity contribution in [1.29, 1.82) is 0 Å². The number of likely N-dealkylation sites (tertiary alicyclic amines) is 1. The van der Waals surface area contributed by atoms with Gasteiger partial charge in [0.1, 0.15) is 0 Å². The second-order valence-electron chi connectivity index (χ2n) is 3.14. The molecule has 0 aliphatic carbocycles. The summed E-state index contributed by atoms with van der Waals surface area (Å²) < 4.78 is 0. The number of amides is 1. The SMILES string of the molecule is C=CC(=O)N1CCC(C(=O)O)CC1. The van der Waals surface area contributed by atoms with Gasteiger partial charge in [-0.05, 0) is 18.9 Å². The molecule has 0 aromatic rings. The number of carboxylic acids is 1. The van der Waals surface area contributed by atoms with Crippen LogP contribution in [0.1, 0.15) is 12.8 Å². The van der Waals surface area contributed by atoms with Crippen molar-refractivity contribution >= 4 is 11.9 Å². The monoisotopic (exact) mass is 183 g/mol. The van der Waals surface area contributed by atoms with Gasteiger partial charge < -0.3 is 10.0 Å². The molecular formula is C9H13NO3. The van der Waals surface area contributed by atoms with Gasteiger partial charge in [0.2, 0.25) is 5.91 Å². The zero-order valence-electron chi connectivity index (χ0n) is 7.40. The standard InChI is InChI=1S/C9H13NO3/c1-2-8(11)10-5-3-7(4-6-10)9(12)13/h2,7H,1,3-6H2,(H,12,13). The maximum Gasteiger partial charge on any atom is 0.306 e. The Morgan fingerprint density at radius 3 is 2.31 bits per heavy atom. The van der Waals surface area contributed by atoms with Gasteiger partial charge >= 0.3 is 5.97 Å². The zero-order valence-corrected chi connectivity index (χ0v) is 7.40. The van der Waals surface area contributed by atoms with E-state index in [0.29, 0.717) is 25.9 Å². The summed E-state index contributed by atoms with van der Waals surface area (Å²) in [7, 11) is 0. The number of piperidine rings is 1. The number of aliphatic carboxylic acids is 1. The van der Waals surface area contributed by atoms with Crippen LogP contribution in [0, 0.1) is 5.92 Å². The van der Waals surface area contributed by atoms with Crippen LogP contribution in [0.15, 0.2) is 12.7 Å². The highest BCUT2D eigenvalue weighted by Crippen LogP contribution is 2.17. The highest BCUT2D eigenvalue weighted by atomic mass is 16.4. The fourth-order valence-electron chi connectivity index (χ4n) is 1.48. The molecule has 0 atom stereocenters. The topological polar surface area (TPSA) is 57.6 Å². The fraction of sp³-hybridized carbons (Fsp3) is 0.556. The molecule has 0 spiro atoms. The lowest BCUT2D eigenvalue weighted by molar-refractivity contribution is -0.144. The molecule has 4 heteroatoms. The van der Waals surface area contributed by atoms with Crippen LogP contribution in [0.4, 0.5) is 0 Å². The molecule has 13 heavy (non-hydrogen) atoms. The van der Waals surface area contributed by atoms with Gasteiger partial charge in [-0.3, -0.25) is 9.59 Å². The van der Waals surface area contributed by atoms with E-state index in [1.54, 1.807) is 4.90 Å². The molecule has 1 heterocycles. The molecule has 1 saturated heterocycles. The van der Waals surface area contributed by atoms with Crippen LogP contribution in [0.3, 0.4) is 0 Å². The van der Waals surface area contributed by atoms with E-state index >= 15 is 0 Å². The molecule has 1 aliphatic rings. The Balaban J connectivity index is 2.43. The average molecular weight is 183 g/mol. The van der Waals surface area contributed by atoms with Crippen LogP contribution in [0.2, 0.25) is 0 Å². The fourth-order valence-corrected chi connectivity index (χ4v) is 1.48. The van der Waals surface area contributed by atoms with Crippen molar-refractivity contribution in [1.82, 2.24) is 4.90 Å². The van der Waals surface area contributed by atoms with Gasteiger partial charge in [0.05, 0.1) is 5.92 Å². The van der Waals surface area contributed by atoms with Crippen molar-refractivity contribution in [3.05, 3.63) is 12.7 Å². The van der Waals surface area contributed by atoms with Crippen LogP contribution in [-0.4, -0.2) is 35.0 Å². The third-order valence-corrected chi connectivity index (χ3v) is 2.33. The minimum atomic E-state index is -0.759. The summed E-state index contributed by atoms with van der Waals surface area (Å²) in [6.45, 7) is 4.44. The Bertz CT molecular complexity index is 229. The molecule has 1 aliphatic heterocycles. The van der Waals surface area contributed by atoms with Crippen molar-refractivity contribution < 1.29 is 14.7 Å². The second kappa shape index (κ2) is 4.07. The van der Waals surface area contributed by atoms with Gasteiger partial charge in [-0.2, -0.15) is 0 Å². The number of hydrogen-bond donors (Lipinski definition) is 1. The lowest BCUT2D eigenvalue weighted by atomic mass is 9.97. The molecule has 0 radical (unpaired) electrons. The van der Waals surface area contributed by atoms with Crippen LogP contribution in [-0.2, 0) is 9.59 Å². The zero-order chi connectivity index (χ0) is 9.84. The molecule has 72 valence electrons. The number of nitrogens with zero attached hydrogens (tertiary/aromatic N) is 1. The predicted molar refractivity (Wildman–Crippen MR) is 47.1 cm³/mol. The van der Waals surface area contributed by atoms with E-state index in [9.17, 15) is 9.59 Å². The third kappa shape index (κ3) is 2.31. The highest BCUT2D eigenvalue weighted by molar-refractivity contribution is 5.87. The van der Waals surface area contributed by atoms with Crippen LogP contribution in [0.25, 0.3) is 0 Å². The Hall–Kier alpha value is -1.32. The summed E-state index contributed by atoms with van der Waals surface area (Å²) in [6.07, 6.45) is 2.37. The molecular weight excluding hydrogens is 170 g/mol. The van der Waals surface area contributed by atoms with E-state index < -0.39 is 5.97 Å². The van der Waals surface area contributed by atoms with Crippen molar-refractivity contribution in [2.24, 2.45) is 5.92 Å². The minimum Gasteiger partial charge on any atom is -0.481 e. The first-order chi connectivity index (χ1) is 6.15. The second-order valence-corrected chi connectivity index (χ2v) is 3.14. The average Bonchev–Trinajstić information content (AvgIpc) is 2.17. The summed E-state index contributed by atoms with van der Waals surface area (Å²) in [5.41, 5.74) is 0. The van der Waals surface area contributed by atoms with Crippen molar-refractivity contribution in [2.75, 3.05) is 13.1 Å². The number of carboxylic acid groups (broad SMARTS) is 1. The number of carbonyl (C=O) groups excluding carboxylic acids is 1. The van der Waals surface area contributed by atoms with E-state index in [2.05, 4.69) is 6.58 Å². The largest absolute Gasteiger partial charge is 0.481 e. The number of carbonyl (C=O) groups is 2. The van der Waals surface area contributed by atoms with Gasteiger partial charge in [0.25, 0.3) is 0 Å². The Kier molecular flexibility index (Phi) is 3.06.